The quantitative estimate of drug-likeness (QED) is 0.266. The number of hydrogen-bond acceptors (Lipinski definition) is 5. The second-order valence-electron chi connectivity index (χ2n) is 9.10. The maximum Gasteiger partial charge on any atom is 0.433 e. The Bertz CT molecular complexity index is 1310. The van der Waals surface area contributed by atoms with Crippen LogP contribution in [0.5, 0.6) is 0 Å². The molecular formula is C28H38ClF3N6O2. The summed E-state index contributed by atoms with van der Waals surface area (Å²) in [5, 5.41) is 6.68. The van der Waals surface area contributed by atoms with E-state index >= 15 is 0 Å². The van der Waals surface area contributed by atoms with Crippen molar-refractivity contribution in [2.75, 3.05) is 18.8 Å². The first-order chi connectivity index (χ1) is 19.1. The van der Waals surface area contributed by atoms with Crippen LogP contribution < -0.4 is 22.3 Å². The van der Waals surface area contributed by atoms with Crippen LogP contribution in [0.4, 0.5) is 18.9 Å². The number of anilines is 1. The minimum Gasteiger partial charge on any atom is -0.398 e. The third-order valence-electron chi connectivity index (χ3n) is 6.21. The second-order valence-corrected chi connectivity index (χ2v) is 9.54. The van der Waals surface area contributed by atoms with E-state index < -0.39 is 23.3 Å². The summed E-state index contributed by atoms with van der Waals surface area (Å²) in [6.07, 6.45) is 10.4. The van der Waals surface area contributed by atoms with Crippen molar-refractivity contribution in [2.24, 2.45) is 5.73 Å². The number of nitrogens with two attached hydrogens (primary N) is 2. The number of alkyl halides is 3. The predicted molar refractivity (Wildman–Crippen MR) is 154 cm³/mol. The number of benzene rings is 1. The fourth-order valence-electron chi connectivity index (χ4n) is 4.17. The highest BCUT2D eigenvalue weighted by atomic mass is 35.5. The van der Waals surface area contributed by atoms with Crippen LogP contribution in [-0.2, 0) is 6.18 Å². The second kappa shape index (κ2) is 16.1. The Morgan fingerprint density at radius 3 is 2.25 bits per heavy atom. The number of carbonyl (C=O) groups is 1. The van der Waals surface area contributed by atoms with Gasteiger partial charge in [0, 0.05) is 22.3 Å². The van der Waals surface area contributed by atoms with Gasteiger partial charge in [-0.25, -0.2) is 4.98 Å². The van der Waals surface area contributed by atoms with Crippen LogP contribution in [0.15, 0.2) is 47.4 Å². The molecule has 1 saturated heterocycles. The highest BCUT2D eigenvalue weighted by molar-refractivity contribution is 6.31. The average Bonchev–Trinajstić information content (AvgIpc) is 3.11. The van der Waals surface area contributed by atoms with E-state index in [0.717, 1.165) is 32.0 Å². The molecule has 1 aliphatic heterocycles. The van der Waals surface area contributed by atoms with E-state index in [4.69, 9.17) is 23.1 Å². The maximum atomic E-state index is 12.4. The van der Waals surface area contributed by atoms with Crippen molar-refractivity contribution in [3.05, 3.63) is 69.2 Å². The normalized spacial score (nSPS) is 15.4. The molecule has 5 rings (SSSR count). The number of pyridine rings is 1. The van der Waals surface area contributed by atoms with Crippen molar-refractivity contribution in [1.29, 1.82) is 0 Å². The molecule has 1 amide bonds. The zero-order valence-electron chi connectivity index (χ0n) is 22.9. The zero-order chi connectivity index (χ0) is 29.7. The van der Waals surface area contributed by atoms with E-state index in [1.54, 1.807) is 4.68 Å². The molecule has 0 unspecified atom stereocenters. The third kappa shape index (κ3) is 10.0. The van der Waals surface area contributed by atoms with Gasteiger partial charge in [0.05, 0.1) is 11.6 Å². The van der Waals surface area contributed by atoms with E-state index in [1.807, 2.05) is 13.8 Å². The number of allylic oxidation sites excluding steroid dienone is 2. The lowest BCUT2D eigenvalue weighted by Gasteiger charge is -2.23. The van der Waals surface area contributed by atoms with Crippen molar-refractivity contribution in [1.82, 2.24) is 20.1 Å². The van der Waals surface area contributed by atoms with Crippen molar-refractivity contribution >= 4 is 34.1 Å². The summed E-state index contributed by atoms with van der Waals surface area (Å²) in [4.78, 5) is 25.7. The maximum absolute atomic E-state index is 12.4. The van der Waals surface area contributed by atoms with Crippen LogP contribution in [0.25, 0.3) is 10.9 Å². The van der Waals surface area contributed by atoms with Gasteiger partial charge in [0.25, 0.3) is 11.5 Å². The van der Waals surface area contributed by atoms with Gasteiger partial charge in [0.1, 0.15) is 11.3 Å². The minimum absolute atomic E-state index is 0.0137. The summed E-state index contributed by atoms with van der Waals surface area (Å²) in [6.45, 7) is 5.85. The van der Waals surface area contributed by atoms with Crippen LogP contribution in [-0.4, -0.2) is 33.8 Å². The number of halogens is 4. The molecule has 12 heteroatoms. The number of aromatic amines is 1. The molecule has 2 aliphatic rings. The number of primary amides is 1. The summed E-state index contributed by atoms with van der Waals surface area (Å²) >= 11 is 5.71. The zero-order valence-corrected chi connectivity index (χ0v) is 23.6. The van der Waals surface area contributed by atoms with E-state index in [2.05, 4.69) is 27.6 Å². The van der Waals surface area contributed by atoms with E-state index in [0.29, 0.717) is 10.4 Å². The Labute approximate surface area is 237 Å². The number of fused-ring (bicyclic) bond motifs is 1. The number of aromatic nitrogens is 3. The monoisotopic (exact) mass is 582 g/mol. The number of piperidine rings is 1. The first-order valence-corrected chi connectivity index (χ1v) is 13.8. The van der Waals surface area contributed by atoms with Gasteiger partial charge in [-0.15, -0.1) is 0 Å². The third-order valence-corrected chi connectivity index (χ3v) is 6.45. The summed E-state index contributed by atoms with van der Waals surface area (Å²) in [7, 11) is 0. The average molecular weight is 583 g/mol. The van der Waals surface area contributed by atoms with Crippen molar-refractivity contribution in [3.63, 3.8) is 0 Å². The summed E-state index contributed by atoms with van der Waals surface area (Å²) < 4.78 is 39.0. The lowest BCUT2D eigenvalue weighted by molar-refractivity contribution is -0.140. The van der Waals surface area contributed by atoms with Crippen molar-refractivity contribution < 1.29 is 18.0 Å². The standard InChI is InChI=1S/C10H6ClF3N2.C9H14N4O2.C7H12.C2H6/c11-5-1-2-8-6(3-5)7(15)4-9(16-8)10(12,13)14;10-8(14)7-5-13(12-9(7)15)6-1-3-11-4-2-6;1-2-4-6-7-5-3-1;1-2/h1-4H,(H2,15,16);5-6,11H,1-4H2,(H2,10,14)(H,12,15);1-2H,3-7H2;1-2H3. The molecule has 0 spiro atoms. The highest BCUT2D eigenvalue weighted by Gasteiger charge is 2.33. The van der Waals surface area contributed by atoms with Crippen LogP contribution in [0.3, 0.4) is 0 Å². The SMILES string of the molecule is C1=CCCCCC1.CC.NC(=O)c1cn(C2CCNCC2)[nH]c1=O.Nc1cc(C(F)(F)F)nc2ccc(Cl)cc12. The lowest BCUT2D eigenvalue weighted by atomic mass is 10.1. The smallest absolute Gasteiger partial charge is 0.398 e. The molecule has 40 heavy (non-hydrogen) atoms. The summed E-state index contributed by atoms with van der Waals surface area (Å²) in [5.41, 5.74) is 9.42. The van der Waals surface area contributed by atoms with E-state index in [9.17, 15) is 22.8 Å². The molecule has 3 heterocycles. The van der Waals surface area contributed by atoms with Gasteiger partial charge < -0.3 is 16.8 Å². The minimum atomic E-state index is -4.50. The van der Waals surface area contributed by atoms with E-state index in [-0.39, 0.29) is 22.8 Å². The molecule has 1 fully saturated rings. The van der Waals surface area contributed by atoms with Crippen LogP contribution >= 0.6 is 11.6 Å². The largest absolute Gasteiger partial charge is 0.433 e. The molecule has 6 N–H and O–H groups in total. The molecule has 0 bridgehead atoms. The molecule has 0 radical (unpaired) electrons. The molecule has 0 atom stereocenters. The van der Waals surface area contributed by atoms with Crippen LogP contribution in [0, 0.1) is 0 Å². The molecular weight excluding hydrogens is 545 g/mol. The topological polar surface area (TPSA) is 132 Å². The van der Waals surface area contributed by atoms with Crippen LogP contribution in [0.2, 0.25) is 5.02 Å². The number of nitrogens with one attached hydrogen (secondary N) is 2. The molecule has 220 valence electrons. The number of H-pyrrole nitrogens is 1. The fourth-order valence-corrected chi connectivity index (χ4v) is 4.34. The van der Waals surface area contributed by atoms with Gasteiger partial charge in [-0.2, -0.15) is 13.2 Å². The highest BCUT2D eigenvalue weighted by Crippen LogP contribution is 2.32. The molecule has 2 aromatic heterocycles. The Hall–Kier alpha value is -3.31. The summed E-state index contributed by atoms with van der Waals surface area (Å²) in [6, 6.07) is 5.42. The Morgan fingerprint density at radius 1 is 1.07 bits per heavy atom. The first-order valence-electron chi connectivity index (χ1n) is 13.5. The Balaban J connectivity index is 0.000000217. The van der Waals surface area contributed by atoms with Gasteiger partial charge >= 0.3 is 6.18 Å². The number of hydrogen-bond donors (Lipinski definition) is 4. The number of carbonyl (C=O) groups excluding carboxylic acids is 1. The number of nitrogens with zero attached hydrogens (tertiary/aromatic N) is 2. The van der Waals surface area contributed by atoms with Gasteiger partial charge in [-0.05, 0) is 75.9 Å². The van der Waals surface area contributed by atoms with Gasteiger partial charge in [0.15, 0.2) is 0 Å². The van der Waals surface area contributed by atoms with Gasteiger partial charge in [-0.3, -0.25) is 19.4 Å². The van der Waals surface area contributed by atoms with Gasteiger partial charge in [-0.1, -0.05) is 44.0 Å². The lowest BCUT2D eigenvalue weighted by Crippen LogP contribution is -2.30. The fraction of sp³-hybridized carbons (Fsp3) is 0.464. The molecule has 8 nitrogen and oxygen atoms in total. The van der Waals surface area contributed by atoms with Crippen molar-refractivity contribution in [3.8, 4) is 0 Å². The molecule has 3 aromatic rings. The van der Waals surface area contributed by atoms with Crippen LogP contribution in [0.1, 0.15) is 80.9 Å². The predicted octanol–water partition coefficient (Wildman–Crippen LogP) is 6.22. The number of nitrogen functional groups attached to an aromatic ring is 1. The Kier molecular flexibility index (Phi) is 13.2. The Morgan fingerprint density at radius 2 is 1.70 bits per heavy atom. The molecule has 0 saturated carbocycles. The number of rotatable bonds is 2. The number of amides is 1. The molecule has 1 aromatic carbocycles. The van der Waals surface area contributed by atoms with Gasteiger partial charge in [0.2, 0.25) is 0 Å². The van der Waals surface area contributed by atoms with E-state index in [1.165, 1.54) is 56.5 Å². The first kappa shape index (κ1) is 32.9. The summed E-state index contributed by atoms with van der Waals surface area (Å²) in [5.74, 6) is -0.677. The molecule has 1 aliphatic carbocycles. The van der Waals surface area contributed by atoms with Crippen molar-refractivity contribution in [2.45, 2.75) is 71.0 Å².